The molecular weight excluding hydrogens is 761 g/mol. The average molecular weight is 812 g/mol. The molecule has 0 saturated carbocycles. The number of hydrogen-bond donors (Lipinski definition) is 2. The number of carbonyl (C=O) groups excluding carboxylic acids is 2. The molecule has 0 aliphatic heterocycles. The fraction of sp³-hybridized carbons (Fsp3) is 0.727. The largest absolute Gasteiger partial charge is 0.480 e. The number of carboxylic acid groups (broad SMARTS) is 1. The van der Waals surface area contributed by atoms with E-state index in [-0.39, 0.29) is 46.2 Å². The Labute approximate surface area is 314 Å². The number of benzene rings is 1. The summed E-state index contributed by atoms with van der Waals surface area (Å²) < 4.78 is 129. The van der Waals surface area contributed by atoms with Crippen LogP contribution in [-0.4, -0.2) is 175 Å². The van der Waals surface area contributed by atoms with E-state index in [0.29, 0.717) is 99.1 Å². The Morgan fingerprint density at radius 1 is 0.418 bits per heavy atom. The Kier molecular flexibility index (Phi) is 30.9. The van der Waals surface area contributed by atoms with Gasteiger partial charge in [0.1, 0.15) is 13.2 Å². The Morgan fingerprint density at radius 2 is 0.727 bits per heavy atom. The van der Waals surface area contributed by atoms with Crippen molar-refractivity contribution in [2.75, 3.05) is 152 Å². The van der Waals surface area contributed by atoms with Crippen molar-refractivity contribution in [1.29, 1.82) is 0 Å². The lowest BCUT2D eigenvalue weighted by Crippen LogP contribution is -2.31. The van der Waals surface area contributed by atoms with E-state index in [9.17, 15) is 36.3 Å². The standard InChI is InChI=1S/C33H50F5NO16/c34-28-29(35)31(37)33(32(38)30(28)36)55-27(43)1-3-44-5-7-46-9-11-48-13-15-50-17-19-52-21-22-53-20-18-51-16-14-49-12-10-47-8-6-45-4-2-39-25(40)23-54-24-26(41)42/h1-24H2,(H,39,40)(H,41,42). The summed E-state index contributed by atoms with van der Waals surface area (Å²) in [5.41, 5.74) is 0. The molecule has 17 nitrogen and oxygen atoms in total. The predicted molar refractivity (Wildman–Crippen MR) is 176 cm³/mol. The molecule has 0 unspecified atom stereocenters. The number of halogens is 5. The number of aliphatic carboxylic acids is 1. The monoisotopic (exact) mass is 811 g/mol. The molecule has 22 heteroatoms. The molecule has 0 atom stereocenters. The molecule has 0 saturated heterocycles. The number of rotatable bonds is 38. The molecule has 1 amide bonds. The molecule has 1 aromatic rings. The molecule has 0 spiro atoms. The van der Waals surface area contributed by atoms with Crippen LogP contribution in [0.15, 0.2) is 0 Å². The maximum absolute atomic E-state index is 13.5. The van der Waals surface area contributed by atoms with E-state index < -0.39 is 65.7 Å². The summed E-state index contributed by atoms with van der Waals surface area (Å²) in [7, 11) is 0. The molecule has 0 bridgehead atoms. The third-order valence-electron chi connectivity index (χ3n) is 6.21. The van der Waals surface area contributed by atoms with Crippen molar-refractivity contribution in [2.24, 2.45) is 0 Å². The van der Waals surface area contributed by atoms with Crippen molar-refractivity contribution in [3.63, 3.8) is 0 Å². The van der Waals surface area contributed by atoms with Gasteiger partial charge in [0.05, 0.1) is 139 Å². The fourth-order valence-electron chi connectivity index (χ4n) is 3.62. The second-order valence-corrected chi connectivity index (χ2v) is 10.5. The van der Waals surface area contributed by atoms with Gasteiger partial charge in [-0.25, -0.2) is 18.0 Å². The molecule has 1 rings (SSSR count). The smallest absolute Gasteiger partial charge is 0.329 e. The van der Waals surface area contributed by atoms with Crippen LogP contribution in [0.1, 0.15) is 6.42 Å². The second-order valence-electron chi connectivity index (χ2n) is 10.5. The Balaban J connectivity index is 1.73. The number of nitrogens with one attached hydrogen (secondary N) is 1. The molecule has 55 heavy (non-hydrogen) atoms. The number of esters is 1. The van der Waals surface area contributed by atoms with E-state index in [0.717, 1.165) is 0 Å². The van der Waals surface area contributed by atoms with Gasteiger partial charge in [-0.2, -0.15) is 8.78 Å². The summed E-state index contributed by atoms with van der Waals surface area (Å²) in [4.78, 5) is 33.3. The third kappa shape index (κ3) is 27.1. The summed E-state index contributed by atoms with van der Waals surface area (Å²) >= 11 is 0. The van der Waals surface area contributed by atoms with Gasteiger partial charge in [-0.05, 0) is 0 Å². The lowest BCUT2D eigenvalue weighted by Gasteiger charge is -2.09. The molecule has 0 aliphatic carbocycles. The van der Waals surface area contributed by atoms with Gasteiger partial charge in [0, 0.05) is 6.54 Å². The van der Waals surface area contributed by atoms with Crippen LogP contribution in [0.3, 0.4) is 0 Å². The number of carboxylic acids is 1. The molecular formula is C33H50F5NO16. The summed E-state index contributed by atoms with van der Waals surface area (Å²) in [5, 5.41) is 10.9. The lowest BCUT2D eigenvalue weighted by atomic mass is 10.2. The third-order valence-corrected chi connectivity index (χ3v) is 6.21. The molecule has 0 radical (unpaired) electrons. The number of carbonyl (C=O) groups is 3. The maximum atomic E-state index is 13.5. The Bertz CT molecular complexity index is 1160. The van der Waals surface area contributed by atoms with E-state index >= 15 is 0 Å². The van der Waals surface area contributed by atoms with Crippen LogP contribution in [0, 0.1) is 29.1 Å². The first-order valence-corrected chi connectivity index (χ1v) is 17.2. The van der Waals surface area contributed by atoms with Crippen molar-refractivity contribution in [3.05, 3.63) is 29.1 Å². The second kappa shape index (κ2) is 34.1. The van der Waals surface area contributed by atoms with E-state index in [1.165, 1.54) is 0 Å². The van der Waals surface area contributed by atoms with Gasteiger partial charge in [-0.3, -0.25) is 9.59 Å². The molecule has 0 aromatic heterocycles. The molecule has 318 valence electrons. The fourth-order valence-corrected chi connectivity index (χ4v) is 3.62. The highest BCUT2D eigenvalue weighted by Crippen LogP contribution is 2.29. The van der Waals surface area contributed by atoms with Gasteiger partial charge in [0.25, 0.3) is 0 Å². The highest BCUT2D eigenvalue weighted by atomic mass is 19.2. The van der Waals surface area contributed by atoms with Crippen molar-refractivity contribution >= 4 is 17.8 Å². The van der Waals surface area contributed by atoms with Crippen molar-refractivity contribution in [1.82, 2.24) is 5.32 Å². The first-order chi connectivity index (χ1) is 26.6. The van der Waals surface area contributed by atoms with Crippen LogP contribution < -0.4 is 10.1 Å². The number of ether oxygens (including phenoxy) is 12. The topological polar surface area (TPSA) is 194 Å². The van der Waals surface area contributed by atoms with Gasteiger partial charge in [-0.15, -0.1) is 0 Å². The summed E-state index contributed by atoms with van der Waals surface area (Å²) in [5.74, 6) is -15.8. The van der Waals surface area contributed by atoms with Crippen molar-refractivity contribution in [3.8, 4) is 5.75 Å². The Hall–Kier alpha value is -3.16. The zero-order valence-electron chi connectivity index (χ0n) is 30.4. The first kappa shape index (κ1) is 49.9. The SMILES string of the molecule is O=C(O)COCC(=O)NCCOCCOCCOCCOCCOCCOCCOCCOCCOCCOCCC(=O)Oc1c(F)c(F)c(F)c(F)c1F. The molecule has 1 aromatic carbocycles. The summed E-state index contributed by atoms with van der Waals surface area (Å²) in [6, 6.07) is 0. The highest BCUT2D eigenvalue weighted by molar-refractivity contribution is 5.77. The Morgan fingerprint density at radius 3 is 1.07 bits per heavy atom. The first-order valence-electron chi connectivity index (χ1n) is 17.2. The van der Waals surface area contributed by atoms with Gasteiger partial charge < -0.3 is 67.3 Å². The number of hydrogen-bond acceptors (Lipinski definition) is 15. The van der Waals surface area contributed by atoms with E-state index in [4.69, 9.17) is 52.5 Å². The highest BCUT2D eigenvalue weighted by Gasteiger charge is 2.28. The molecule has 0 heterocycles. The predicted octanol–water partition coefficient (Wildman–Crippen LogP) is 1.06. The van der Waals surface area contributed by atoms with Crippen LogP contribution in [0.5, 0.6) is 5.75 Å². The van der Waals surface area contributed by atoms with Crippen LogP contribution in [0.25, 0.3) is 0 Å². The summed E-state index contributed by atoms with van der Waals surface area (Å²) in [6.45, 7) is 5.69. The van der Waals surface area contributed by atoms with Gasteiger partial charge in [0.2, 0.25) is 40.7 Å². The van der Waals surface area contributed by atoms with Crippen LogP contribution in [-0.2, 0) is 66.5 Å². The lowest BCUT2D eigenvalue weighted by molar-refractivity contribution is -0.143. The van der Waals surface area contributed by atoms with Crippen LogP contribution >= 0.6 is 0 Å². The van der Waals surface area contributed by atoms with E-state index in [1.54, 1.807) is 0 Å². The zero-order chi connectivity index (χ0) is 40.4. The minimum absolute atomic E-state index is 0.0679. The van der Waals surface area contributed by atoms with Gasteiger partial charge in [0.15, 0.2) is 0 Å². The van der Waals surface area contributed by atoms with Crippen LogP contribution in [0.2, 0.25) is 0 Å². The number of amides is 1. The average Bonchev–Trinajstić information content (AvgIpc) is 3.16. The van der Waals surface area contributed by atoms with E-state index in [2.05, 4.69) is 14.8 Å². The van der Waals surface area contributed by atoms with Gasteiger partial charge in [-0.1, -0.05) is 0 Å². The van der Waals surface area contributed by atoms with Gasteiger partial charge >= 0.3 is 11.9 Å². The molecule has 2 N–H and O–H groups in total. The molecule has 0 aliphatic rings. The molecule has 0 fully saturated rings. The summed E-state index contributed by atoms with van der Waals surface area (Å²) in [6.07, 6.45) is -0.498. The van der Waals surface area contributed by atoms with E-state index in [1.807, 2.05) is 0 Å². The maximum Gasteiger partial charge on any atom is 0.329 e. The zero-order valence-corrected chi connectivity index (χ0v) is 30.4. The van der Waals surface area contributed by atoms with Crippen LogP contribution in [0.4, 0.5) is 22.0 Å². The minimum atomic E-state index is -2.36. The minimum Gasteiger partial charge on any atom is -0.480 e. The van der Waals surface area contributed by atoms with Crippen molar-refractivity contribution in [2.45, 2.75) is 6.42 Å². The normalized spacial score (nSPS) is 11.3. The quantitative estimate of drug-likeness (QED) is 0.0240. The van der Waals surface area contributed by atoms with Crippen molar-refractivity contribution < 1.29 is 98.3 Å².